The molecule has 0 saturated carbocycles. The zero-order valence-corrected chi connectivity index (χ0v) is 13.9. The first kappa shape index (κ1) is 16.5. The van der Waals surface area contributed by atoms with Crippen LogP contribution in [0.5, 0.6) is 11.6 Å². The molecule has 3 rings (SSSR count). The third kappa shape index (κ3) is 3.76. The predicted octanol–water partition coefficient (Wildman–Crippen LogP) is 1.96. The second kappa shape index (κ2) is 7.49. The number of nitrogens with two attached hydrogens (primary N) is 1. The Labute approximate surface area is 141 Å². The van der Waals surface area contributed by atoms with Crippen molar-refractivity contribution in [1.29, 1.82) is 0 Å². The number of hydrogen-bond donors (Lipinski definition) is 1. The van der Waals surface area contributed by atoms with Crippen LogP contribution >= 0.6 is 0 Å². The number of rotatable bonds is 6. The maximum Gasteiger partial charge on any atom is 0.234 e. The van der Waals surface area contributed by atoms with Crippen molar-refractivity contribution in [3.05, 3.63) is 30.3 Å². The van der Waals surface area contributed by atoms with Crippen molar-refractivity contribution in [3.8, 4) is 11.6 Å². The first-order valence-corrected chi connectivity index (χ1v) is 8.28. The van der Waals surface area contributed by atoms with E-state index in [-0.39, 0.29) is 11.9 Å². The first-order chi connectivity index (χ1) is 11.7. The Morgan fingerprint density at radius 2 is 2.17 bits per heavy atom. The monoisotopic (exact) mass is 329 g/mol. The molecule has 2 N–H and O–H groups in total. The van der Waals surface area contributed by atoms with E-state index in [4.69, 9.17) is 15.2 Å². The van der Waals surface area contributed by atoms with Crippen LogP contribution in [0, 0.1) is 0 Å². The van der Waals surface area contributed by atoms with Gasteiger partial charge >= 0.3 is 0 Å². The number of benzene rings is 1. The predicted molar refractivity (Wildman–Crippen MR) is 92.2 cm³/mol. The van der Waals surface area contributed by atoms with E-state index in [1.807, 2.05) is 30.3 Å². The van der Waals surface area contributed by atoms with Gasteiger partial charge in [0.2, 0.25) is 11.8 Å². The highest BCUT2D eigenvalue weighted by Crippen LogP contribution is 2.22. The lowest BCUT2D eigenvalue weighted by Crippen LogP contribution is -2.48. The molecule has 1 fully saturated rings. The number of likely N-dealkylation sites (tertiary alicyclic amines) is 1. The molecule has 1 aromatic heterocycles. The number of pyridine rings is 1. The van der Waals surface area contributed by atoms with Gasteiger partial charge in [0.05, 0.1) is 18.7 Å². The lowest BCUT2D eigenvalue weighted by atomic mass is 10.0. The number of carbonyl (C=O) groups is 1. The lowest BCUT2D eigenvalue weighted by molar-refractivity contribution is -0.124. The Morgan fingerprint density at radius 1 is 1.33 bits per heavy atom. The van der Waals surface area contributed by atoms with Gasteiger partial charge in [0, 0.05) is 24.1 Å². The summed E-state index contributed by atoms with van der Waals surface area (Å²) in [4.78, 5) is 18.1. The summed E-state index contributed by atoms with van der Waals surface area (Å²) in [7, 11) is 1.63. The highest BCUT2D eigenvalue weighted by atomic mass is 16.5. The van der Waals surface area contributed by atoms with Crippen LogP contribution in [0.25, 0.3) is 10.9 Å². The minimum atomic E-state index is -0.245. The molecule has 1 aliphatic heterocycles. The van der Waals surface area contributed by atoms with E-state index >= 15 is 0 Å². The van der Waals surface area contributed by atoms with Crippen LogP contribution in [0.1, 0.15) is 19.3 Å². The largest absolute Gasteiger partial charge is 0.497 e. The molecule has 1 saturated heterocycles. The smallest absolute Gasteiger partial charge is 0.234 e. The van der Waals surface area contributed by atoms with Crippen LogP contribution in [-0.4, -0.2) is 48.6 Å². The molecule has 1 aliphatic rings. The average molecular weight is 329 g/mol. The number of primary amides is 1. The fourth-order valence-electron chi connectivity index (χ4n) is 3.13. The van der Waals surface area contributed by atoms with Gasteiger partial charge in [-0.3, -0.25) is 9.69 Å². The van der Waals surface area contributed by atoms with Gasteiger partial charge in [-0.1, -0.05) is 6.42 Å². The molecular formula is C18H23N3O3. The Morgan fingerprint density at radius 3 is 2.96 bits per heavy atom. The molecule has 1 aromatic carbocycles. The zero-order chi connectivity index (χ0) is 16.9. The molecule has 0 bridgehead atoms. The normalized spacial score (nSPS) is 18.5. The van der Waals surface area contributed by atoms with Crippen molar-refractivity contribution in [2.75, 3.05) is 26.8 Å². The average Bonchev–Trinajstić information content (AvgIpc) is 2.61. The van der Waals surface area contributed by atoms with Crippen molar-refractivity contribution < 1.29 is 14.3 Å². The molecule has 0 spiro atoms. The van der Waals surface area contributed by atoms with Crippen LogP contribution in [0.2, 0.25) is 0 Å². The molecule has 1 unspecified atom stereocenters. The standard InChI is InChI=1S/C18H23N3O3/c1-23-14-7-5-13-6-8-17(20-15(13)12-14)24-11-10-21-9-3-2-4-16(21)18(19)22/h5-8,12,16H,2-4,9-11H2,1H3,(H2,19,22). The lowest BCUT2D eigenvalue weighted by Gasteiger charge is -2.33. The third-order valence-corrected chi connectivity index (χ3v) is 4.44. The van der Waals surface area contributed by atoms with E-state index in [1.165, 1.54) is 0 Å². The minimum absolute atomic E-state index is 0.170. The molecule has 1 amide bonds. The molecular weight excluding hydrogens is 306 g/mol. The van der Waals surface area contributed by atoms with Crippen molar-refractivity contribution in [2.45, 2.75) is 25.3 Å². The molecule has 128 valence electrons. The summed E-state index contributed by atoms with van der Waals surface area (Å²) < 4.78 is 11.0. The number of fused-ring (bicyclic) bond motifs is 1. The topological polar surface area (TPSA) is 77.7 Å². The summed E-state index contributed by atoms with van der Waals surface area (Å²) >= 11 is 0. The Hall–Kier alpha value is -2.34. The molecule has 6 heteroatoms. The van der Waals surface area contributed by atoms with E-state index < -0.39 is 0 Å². The van der Waals surface area contributed by atoms with E-state index in [0.29, 0.717) is 19.0 Å². The summed E-state index contributed by atoms with van der Waals surface area (Å²) in [5.41, 5.74) is 6.32. The number of piperidine rings is 1. The fraction of sp³-hybridized carbons (Fsp3) is 0.444. The summed E-state index contributed by atoms with van der Waals surface area (Å²) in [5.74, 6) is 1.10. The number of methoxy groups -OCH3 is 1. The molecule has 24 heavy (non-hydrogen) atoms. The third-order valence-electron chi connectivity index (χ3n) is 4.44. The highest BCUT2D eigenvalue weighted by Gasteiger charge is 2.26. The summed E-state index contributed by atoms with van der Waals surface area (Å²) in [6.07, 6.45) is 2.99. The molecule has 0 radical (unpaired) electrons. The molecule has 2 aromatic rings. The number of hydrogen-bond acceptors (Lipinski definition) is 5. The maximum atomic E-state index is 11.5. The molecule has 6 nitrogen and oxygen atoms in total. The van der Waals surface area contributed by atoms with E-state index in [9.17, 15) is 4.79 Å². The summed E-state index contributed by atoms with van der Waals surface area (Å²) in [6.45, 7) is 2.04. The van der Waals surface area contributed by atoms with Crippen molar-refractivity contribution in [1.82, 2.24) is 9.88 Å². The van der Waals surface area contributed by atoms with Gasteiger partial charge in [0.25, 0.3) is 0 Å². The maximum absolute atomic E-state index is 11.5. The van der Waals surface area contributed by atoms with Gasteiger partial charge in [-0.15, -0.1) is 0 Å². The van der Waals surface area contributed by atoms with Gasteiger partial charge in [0.15, 0.2) is 0 Å². The number of nitrogens with zero attached hydrogens (tertiary/aromatic N) is 2. The number of aromatic nitrogens is 1. The number of amides is 1. The Bertz CT molecular complexity index is 720. The van der Waals surface area contributed by atoms with Crippen LogP contribution in [0.4, 0.5) is 0 Å². The van der Waals surface area contributed by atoms with Crippen molar-refractivity contribution >= 4 is 16.8 Å². The van der Waals surface area contributed by atoms with Gasteiger partial charge < -0.3 is 15.2 Å². The van der Waals surface area contributed by atoms with Gasteiger partial charge in [-0.2, -0.15) is 0 Å². The second-order valence-corrected chi connectivity index (χ2v) is 6.01. The quantitative estimate of drug-likeness (QED) is 0.876. The molecule has 0 aliphatic carbocycles. The fourth-order valence-corrected chi connectivity index (χ4v) is 3.13. The van der Waals surface area contributed by atoms with E-state index in [2.05, 4.69) is 9.88 Å². The summed E-state index contributed by atoms with van der Waals surface area (Å²) in [6, 6.07) is 9.42. The Kier molecular flexibility index (Phi) is 5.15. The van der Waals surface area contributed by atoms with Gasteiger partial charge in [-0.05, 0) is 37.6 Å². The van der Waals surface area contributed by atoms with Crippen LogP contribution < -0.4 is 15.2 Å². The van der Waals surface area contributed by atoms with E-state index in [0.717, 1.165) is 42.5 Å². The van der Waals surface area contributed by atoms with Gasteiger partial charge in [-0.25, -0.2) is 4.98 Å². The molecule has 2 heterocycles. The minimum Gasteiger partial charge on any atom is -0.497 e. The summed E-state index contributed by atoms with van der Waals surface area (Å²) in [5, 5.41) is 1.04. The number of carbonyl (C=O) groups excluding carboxylic acids is 1. The zero-order valence-electron chi connectivity index (χ0n) is 13.9. The SMILES string of the molecule is COc1ccc2ccc(OCCN3CCCCC3C(N)=O)nc2c1. The molecule has 1 atom stereocenters. The second-order valence-electron chi connectivity index (χ2n) is 6.01. The highest BCUT2D eigenvalue weighted by molar-refractivity contribution is 5.80. The van der Waals surface area contributed by atoms with Crippen molar-refractivity contribution in [3.63, 3.8) is 0 Å². The number of ether oxygens (including phenoxy) is 2. The van der Waals surface area contributed by atoms with Crippen LogP contribution in [0.3, 0.4) is 0 Å². The van der Waals surface area contributed by atoms with Crippen LogP contribution in [-0.2, 0) is 4.79 Å². The van der Waals surface area contributed by atoms with E-state index in [1.54, 1.807) is 7.11 Å². The van der Waals surface area contributed by atoms with Crippen molar-refractivity contribution in [2.24, 2.45) is 5.73 Å². The first-order valence-electron chi connectivity index (χ1n) is 8.28. The van der Waals surface area contributed by atoms with Crippen LogP contribution in [0.15, 0.2) is 30.3 Å². The Balaban J connectivity index is 1.61. The van der Waals surface area contributed by atoms with Gasteiger partial charge in [0.1, 0.15) is 12.4 Å².